The highest BCUT2D eigenvalue weighted by molar-refractivity contribution is 5.49. The molecule has 2 rings (SSSR count). The van der Waals surface area contributed by atoms with Gasteiger partial charge in [-0.3, -0.25) is 10.1 Å². The van der Waals surface area contributed by atoms with E-state index in [0.717, 1.165) is 18.5 Å². The first kappa shape index (κ1) is 14.8. The molecule has 0 aliphatic carbocycles. The summed E-state index contributed by atoms with van der Waals surface area (Å²) in [7, 11) is 0. The van der Waals surface area contributed by atoms with Crippen molar-refractivity contribution in [3.05, 3.63) is 34.4 Å². The van der Waals surface area contributed by atoms with E-state index in [9.17, 15) is 10.1 Å². The van der Waals surface area contributed by atoms with E-state index in [-0.39, 0.29) is 21.7 Å². The predicted octanol–water partition coefficient (Wildman–Crippen LogP) is 3.32. The quantitative estimate of drug-likeness (QED) is 0.657. The van der Waals surface area contributed by atoms with E-state index in [4.69, 9.17) is 0 Å². The molecule has 0 aromatic heterocycles. The second-order valence-electron chi connectivity index (χ2n) is 6.95. The van der Waals surface area contributed by atoms with Crippen LogP contribution >= 0.6 is 0 Å². The number of hydrogen-bond donors (Lipinski definition) is 2. The molecule has 0 atom stereocenters. The Kier molecular flexibility index (Phi) is 3.73. The van der Waals surface area contributed by atoms with Crippen LogP contribution in [0.25, 0.3) is 0 Å². The Morgan fingerprint density at radius 3 is 2.10 bits per heavy atom. The average Bonchev–Trinajstić information content (AvgIpc) is 2.25. The van der Waals surface area contributed by atoms with Gasteiger partial charge >= 0.3 is 0 Å². The maximum Gasteiger partial charge on any atom is 0.269 e. The van der Waals surface area contributed by atoms with Crippen molar-refractivity contribution in [2.75, 3.05) is 5.32 Å². The summed E-state index contributed by atoms with van der Waals surface area (Å²) in [5.74, 6) is 0. The van der Waals surface area contributed by atoms with Crippen LogP contribution in [-0.4, -0.2) is 22.0 Å². The summed E-state index contributed by atoms with van der Waals surface area (Å²) in [6.45, 7) is 8.83. The standard InChI is InChI=1S/C15H23N3O2/c1-14(2)9-12(10-15(3,4)17-14)16-11-5-7-13(8-6-11)18(19)20/h5-8,12,16-17H,9-10H2,1-4H3. The highest BCUT2D eigenvalue weighted by atomic mass is 16.6. The molecule has 1 aromatic rings. The van der Waals surface area contributed by atoms with Crippen LogP contribution in [-0.2, 0) is 0 Å². The number of non-ortho nitro benzene ring substituents is 1. The normalized spacial score (nSPS) is 21.4. The molecule has 1 aromatic carbocycles. The van der Waals surface area contributed by atoms with E-state index in [0.29, 0.717) is 6.04 Å². The van der Waals surface area contributed by atoms with Crippen molar-refractivity contribution in [3.63, 3.8) is 0 Å². The Morgan fingerprint density at radius 1 is 1.15 bits per heavy atom. The maximum absolute atomic E-state index is 10.6. The third kappa shape index (κ3) is 3.70. The molecule has 0 spiro atoms. The lowest BCUT2D eigenvalue weighted by atomic mass is 9.79. The largest absolute Gasteiger partial charge is 0.382 e. The topological polar surface area (TPSA) is 67.2 Å². The molecule has 1 heterocycles. The van der Waals surface area contributed by atoms with Crippen molar-refractivity contribution in [1.29, 1.82) is 0 Å². The second-order valence-corrected chi connectivity index (χ2v) is 6.95. The fourth-order valence-corrected chi connectivity index (χ4v) is 3.34. The SMILES string of the molecule is CC1(C)CC(Nc2ccc([N+](=O)[O-])cc2)CC(C)(C)N1. The molecule has 1 aliphatic rings. The fourth-order valence-electron chi connectivity index (χ4n) is 3.34. The molecule has 1 saturated heterocycles. The van der Waals surface area contributed by atoms with Crippen LogP contribution in [0.15, 0.2) is 24.3 Å². The zero-order chi connectivity index (χ0) is 15.0. The van der Waals surface area contributed by atoms with Crippen LogP contribution < -0.4 is 10.6 Å². The van der Waals surface area contributed by atoms with Crippen molar-refractivity contribution < 1.29 is 4.92 Å². The Morgan fingerprint density at radius 2 is 1.65 bits per heavy atom. The van der Waals surface area contributed by atoms with E-state index in [1.54, 1.807) is 24.3 Å². The third-order valence-electron chi connectivity index (χ3n) is 3.64. The van der Waals surface area contributed by atoms with Crippen LogP contribution in [0.4, 0.5) is 11.4 Å². The summed E-state index contributed by atoms with van der Waals surface area (Å²) in [6, 6.07) is 7.00. The van der Waals surface area contributed by atoms with Crippen LogP contribution in [0.2, 0.25) is 0 Å². The number of nitro benzene ring substituents is 1. The molecule has 5 heteroatoms. The first-order valence-corrected chi connectivity index (χ1v) is 6.97. The van der Waals surface area contributed by atoms with Gasteiger partial charge < -0.3 is 10.6 Å². The molecule has 1 fully saturated rings. The minimum Gasteiger partial charge on any atom is -0.382 e. The maximum atomic E-state index is 10.6. The molecular weight excluding hydrogens is 254 g/mol. The molecule has 110 valence electrons. The lowest BCUT2D eigenvalue weighted by Crippen LogP contribution is -2.60. The van der Waals surface area contributed by atoms with Crippen molar-refractivity contribution in [2.45, 2.75) is 57.7 Å². The van der Waals surface area contributed by atoms with E-state index in [2.05, 4.69) is 38.3 Å². The Labute approximate surface area is 119 Å². The first-order chi connectivity index (χ1) is 9.17. The zero-order valence-corrected chi connectivity index (χ0v) is 12.6. The van der Waals surface area contributed by atoms with Gasteiger partial charge in [0.25, 0.3) is 5.69 Å². The zero-order valence-electron chi connectivity index (χ0n) is 12.6. The van der Waals surface area contributed by atoms with Crippen molar-refractivity contribution >= 4 is 11.4 Å². The van der Waals surface area contributed by atoms with Gasteiger partial charge in [0.15, 0.2) is 0 Å². The number of anilines is 1. The number of hydrogen-bond acceptors (Lipinski definition) is 4. The lowest BCUT2D eigenvalue weighted by molar-refractivity contribution is -0.384. The van der Waals surface area contributed by atoms with E-state index in [1.165, 1.54) is 0 Å². The average molecular weight is 277 g/mol. The van der Waals surface area contributed by atoms with Crippen molar-refractivity contribution in [2.24, 2.45) is 0 Å². The summed E-state index contributed by atoms with van der Waals surface area (Å²) in [6.07, 6.45) is 2.04. The molecule has 2 N–H and O–H groups in total. The summed E-state index contributed by atoms with van der Waals surface area (Å²) in [4.78, 5) is 10.3. The minimum absolute atomic E-state index is 0.0835. The second kappa shape index (κ2) is 5.05. The number of nitro groups is 1. The van der Waals surface area contributed by atoms with E-state index < -0.39 is 0 Å². The van der Waals surface area contributed by atoms with Crippen molar-refractivity contribution in [1.82, 2.24) is 5.32 Å². The van der Waals surface area contributed by atoms with Crippen molar-refractivity contribution in [3.8, 4) is 0 Å². The smallest absolute Gasteiger partial charge is 0.269 e. The molecule has 1 aliphatic heterocycles. The molecule has 0 amide bonds. The lowest BCUT2D eigenvalue weighted by Gasteiger charge is -2.46. The van der Waals surface area contributed by atoms with E-state index >= 15 is 0 Å². The molecule has 0 bridgehead atoms. The monoisotopic (exact) mass is 277 g/mol. The van der Waals surface area contributed by atoms with Gasteiger partial charge in [-0.05, 0) is 52.7 Å². The van der Waals surface area contributed by atoms with E-state index in [1.807, 2.05) is 0 Å². The first-order valence-electron chi connectivity index (χ1n) is 6.97. The Bertz CT molecular complexity index is 478. The van der Waals surface area contributed by atoms with Gasteiger partial charge in [0.1, 0.15) is 0 Å². The number of rotatable bonds is 3. The highest BCUT2D eigenvalue weighted by Crippen LogP contribution is 2.30. The number of nitrogens with zero attached hydrogens (tertiary/aromatic N) is 1. The van der Waals surface area contributed by atoms with Gasteiger partial charge in [0, 0.05) is 34.9 Å². The fraction of sp³-hybridized carbons (Fsp3) is 0.600. The molecular formula is C15H23N3O2. The molecule has 20 heavy (non-hydrogen) atoms. The number of benzene rings is 1. The van der Waals surface area contributed by atoms with Gasteiger partial charge in [0.05, 0.1) is 4.92 Å². The summed E-state index contributed by atoms with van der Waals surface area (Å²) < 4.78 is 0. The molecule has 0 saturated carbocycles. The Balaban J connectivity index is 2.07. The Hall–Kier alpha value is -1.62. The van der Waals surface area contributed by atoms with Crippen LogP contribution in [0, 0.1) is 10.1 Å². The summed E-state index contributed by atoms with van der Waals surface area (Å²) >= 11 is 0. The summed E-state index contributed by atoms with van der Waals surface area (Å²) in [5, 5.41) is 17.8. The predicted molar refractivity (Wildman–Crippen MR) is 81.0 cm³/mol. The minimum atomic E-state index is -0.374. The van der Waals surface area contributed by atoms with Crippen LogP contribution in [0.5, 0.6) is 0 Å². The highest BCUT2D eigenvalue weighted by Gasteiger charge is 2.37. The molecule has 0 unspecified atom stereocenters. The van der Waals surface area contributed by atoms with Crippen LogP contribution in [0.1, 0.15) is 40.5 Å². The van der Waals surface area contributed by atoms with Gasteiger partial charge in [-0.2, -0.15) is 0 Å². The number of nitrogens with one attached hydrogen (secondary N) is 2. The molecule has 5 nitrogen and oxygen atoms in total. The van der Waals surface area contributed by atoms with Gasteiger partial charge in [-0.25, -0.2) is 0 Å². The van der Waals surface area contributed by atoms with Crippen LogP contribution in [0.3, 0.4) is 0 Å². The van der Waals surface area contributed by atoms with Gasteiger partial charge in [-0.1, -0.05) is 0 Å². The number of piperidine rings is 1. The third-order valence-corrected chi connectivity index (χ3v) is 3.64. The van der Waals surface area contributed by atoms with Gasteiger partial charge in [-0.15, -0.1) is 0 Å². The molecule has 0 radical (unpaired) electrons. The van der Waals surface area contributed by atoms with Gasteiger partial charge in [0.2, 0.25) is 0 Å². The summed E-state index contributed by atoms with van der Waals surface area (Å²) in [5.41, 5.74) is 1.23.